The number of benzene rings is 1. The zero-order valence-corrected chi connectivity index (χ0v) is 11.2. The summed E-state index contributed by atoms with van der Waals surface area (Å²) in [5.74, 6) is 1.14. The number of hydrogen-bond donors (Lipinski definition) is 2. The Labute approximate surface area is 111 Å². The van der Waals surface area contributed by atoms with Crippen molar-refractivity contribution in [1.82, 2.24) is 15.6 Å². The van der Waals surface area contributed by atoms with Crippen molar-refractivity contribution < 1.29 is 4.42 Å². The maximum absolute atomic E-state index is 5.47. The number of nitrogens with zero attached hydrogens (tertiary/aromatic N) is 2. The van der Waals surface area contributed by atoms with Gasteiger partial charge in [0, 0.05) is 18.1 Å². The molecule has 0 spiro atoms. The van der Waals surface area contributed by atoms with Gasteiger partial charge < -0.3 is 9.84 Å². The molecule has 98 valence electrons. The van der Waals surface area contributed by atoms with Crippen molar-refractivity contribution in [3.63, 3.8) is 0 Å². The van der Waals surface area contributed by atoms with E-state index in [1.54, 1.807) is 6.92 Å². The molecule has 1 aromatic heterocycles. The Morgan fingerprint density at radius 2 is 2.21 bits per heavy atom. The highest BCUT2D eigenvalue weighted by atomic mass is 16.4. The Bertz CT molecular complexity index is 645. The molecule has 2 heterocycles. The molecule has 0 bridgehead atoms. The fraction of sp³-hybridized carbons (Fsp3) is 0.286. The van der Waals surface area contributed by atoms with Gasteiger partial charge in [0.05, 0.1) is 11.7 Å². The maximum atomic E-state index is 5.47. The van der Waals surface area contributed by atoms with E-state index in [9.17, 15) is 0 Å². The number of hydrazine groups is 1. The molecule has 0 saturated carbocycles. The van der Waals surface area contributed by atoms with Crippen LogP contribution in [0.1, 0.15) is 31.3 Å². The van der Waals surface area contributed by atoms with Crippen LogP contribution >= 0.6 is 0 Å². The Balaban J connectivity index is 2.04. The predicted molar refractivity (Wildman–Crippen MR) is 73.4 cm³/mol. The van der Waals surface area contributed by atoms with Crippen LogP contribution in [0.4, 0.5) is 5.69 Å². The van der Waals surface area contributed by atoms with E-state index in [0.717, 1.165) is 11.3 Å². The van der Waals surface area contributed by atoms with E-state index in [1.807, 2.05) is 19.1 Å². The van der Waals surface area contributed by atoms with Gasteiger partial charge in [-0.15, -0.1) is 10.2 Å². The number of anilines is 1. The zero-order chi connectivity index (χ0) is 13.4. The molecule has 5 heteroatoms. The van der Waals surface area contributed by atoms with Gasteiger partial charge in [-0.05, 0) is 32.0 Å². The Morgan fingerprint density at radius 3 is 2.89 bits per heavy atom. The predicted octanol–water partition coefficient (Wildman–Crippen LogP) is 2.98. The van der Waals surface area contributed by atoms with E-state index >= 15 is 0 Å². The van der Waals surface area contributed by atoms with Gasteiger partial charge in [-0.25, -0.2) is 5.43 Å². The molecule has 1 unspecified atom stereocenters. The summed E-state index contributed by atoms with van der Waals surface area (Å²) in [6, 6.07) is 6.28. The molecule has 0 fully saturated rings. The minimum Gasteiger partial charge on any atom is -0.421 e. The molecular formula is C14H16N4O. The third-order valence-electron chi connectivity index (χ3n) is 3.40. The molecule has 2 N–H and O–H groups in total. The summed E-state index contributed by atoms with van der Waals surface area (Å²) in [6.45, 7) is 5.94. The second kappa shape index (κ2) is 4.51. The van der Waals surface area contributed by atoms with Crippen LogP contribution < -0.4 is 10.9 Å². The van der Waals surface area contributed by atoms with Gasteiger partial charge in [-0.2, -0.15) is 0 Å². The van der Waals surface area contributed by atoms with Gasteiger partial charge in [0.1, 0.15) is 0 Å². The SMILES string of the molecule is C/C=C(\C)C1NNc2ccc(-c3nnc(C)o3)cc21. The highest BCUT2D eigenvalue weighted by Crippen LogP contribution is 2.35. The standard InChI is InChI=1S/C14H16N4O/c1-4-8(2)13-11-7-10(5-6-12(11)16-17-13)14-18-15-9(3)19-14/h4-7,13,16-17H,1-3H3/b8-4+. The molecule has 0 saturated heterocycles. The molecule has 0 radical (unpaired) electrons. The minimum absolute atomic E-state index is 0.184. The molecule has 19 heavy (non-hydrogen) atoms. The van der Waals surface area contributed by atoms with Gasteiger partial charge in [-0.1, -0.05) is 11.6 Å². The summed E-state index contributed by atoms with van der Waals surface area (Å²) in [4.78, 5) is 0. The van der Waals surface area contributed by atoms with Crippen LogP contribution in [0.25, 0.3) is 11.5 Å². The van der Waals surface area contributed by atoms with Crippen LogP contribution in [-0.2, 0) is 0 Å². The summed E-state index contributed by atoms with van der Waals surface area (Å²) < 4.78 is 5.47. The summed E-state index contributed by atoms with van der Waals surface area (Å²) >= 11 is 0. The molecular weight excluding hydrogens is 240 g/mol. The quantitative estimate of drug-likeness (QED) is 0.809. The van der Waals surface area contributed by atoms with Crippen molar-refractivity contribution in [3.8, 4) is 11.5 Å². The minimum atomic E-state index is 0.184. The molecule has 0 aliphatic carbocycles. The van der Waals surface area contributed by atoms with Gasteiger partial charge >= 0.3 is 0 Å². The second-order valence-electron chi connectivity index (χ2n) is 4.66. The molecule has 3 rings (SSSR count). The first-order valence-corrected chi connectivity index (χ1v) is 6.28. The third-order valence-corrected chi connectivity index (χ3v) is 3.40. The maximum Gasteiger partial charge on any atom is 0.247 e. The lowest BCUT2D eigenvalue weighted by atomic mass is 9.98. The van der Waals surface area contributed by atoms with Gasteiger partial charge in [0.25, 0.3) is 0 Å². The van der Waals surface area contributed by atoms with Crippen LogP contribution in [0.15, 0.2) is 34.3 Å². The van der Waals surface area contributed by atoms with Gasteiger partial charge in [-0.3, -0.25) is 0 Å². The first-order valence-electron chi connectivity index (χ1n) is 6.28. The number of rotatable bonds is 2. The van der Waals surface area contributed by atoms with Crippen molar-refractivity contribution in [3.05, 3.63) is 41.3 Å². The monoisotopic (exact) mass is 256 g/mol. The van der Waals surface area contributed by atoms with Crippen molar-refractivity contribution in [2.24, 2.45) is 0 Å². The first-order chi connectivity index (χ1) is 9.19. The lowest BCUT2D eigenvalue weighted by molar-refractivity contribution is 0.532. The molecule has 2 aromatic rings. The fourth-order valence-electron chi connectivity index (χ4n) is 2.22. The lowest BCUT2D eigenvalue weighted by Gasteiger charge is -2.11. The van der Waals surface area contributed by atoms with Crippen LogP contribution in [0.5, 0.6) is 0 Å². The van der Waals surface area contributed by atoms with Crippen LogP contribution in [-0.4, -0.2) is 10.2 Å². The molecule has 5 nitrogen and oxygen atoms in total. The van der Waals surface area contributed by atoms with E-state index in [2.05, 4.69) is 40.1 Å². The van der Waals surface area contributed by atoms with Crippen LogP contribution in [0, 0.1) is 6.92 Å². The van der Waals surface area contributed by atoms with E-state index in [1.165, 1.54) is 11.1 Å². The van der Waals surface area contributed by atoms with Crippen molar-refractivity contribution in [2.75, 3.05) is 5.43 Å². The normalized spacial score (nSPS) is 18.3. The number of allylic oxidation sites excluding steroid dienone is 1. The largest absolute Gasteiger partial charge is 0.421 e. The van der Waals surface area contributed by atoms with E-state index in [0.29, 0.717) is 11.8 Å². The van der Waals surface area contributed by atoms with E-state index in [-0.39, 0.29) is 6.04 Å². The fourth-order valence-corrected chi connectivity index (χ4v) is 2.22. The third kappa shape index (κ3) is 2.02. The molecule has 1 aromatic carbocycles. The van der Waals surface area contributed by atoms with Crippen molar-refractivity contribution in [1.29, 1.82) is 0 Å². The topological polar surface area (TPSA) is 63.0 Å². The average Bonchev–Trinajstić information content (AvgIpc) is 3.03. The molecule has 1 aliphatic heterocycles. The Morgan fingerprint density at radius 1 is 1.37 bits per heavy atom. The van der Waals surface area contributed by atoms with E-state index < -0.39 is 0 Å². The number of aryl methyl sites for hydroxylation is 1. The number of aromatic nitrogens is 2. The zero-order valence-electron chi connectivity index (χ0n) is 11.2. The number of fused-ring (bicyclic) bond motifs is 1. The summed E-state index contributed by atoms with van der Waals surface area (Å²) in [7, 11) is 0. The van der Waals surface area contributed by atoms with Crippen molar-refractivity contribution in [2.45, 2.75) is 26.8 Å². The Hall–Kier alpha value is -2.14. The average molecular weight is 256 g/mol. The molecule has 1 aliphatic rings. The summed E-state index contributed by atoms with van der Waals surface area (Å²) in [5.41, 5.74) is 11.0. The number of hydrogen-bond acceptors (Lipinski definition) is 5. The Kier molecular flexibility index (Phi) is 2.83. The van der Waals surface area contributed by atoms with Crippen molar-refractivity contribution >= 4 is 5.69 Å². The van der Waals surface area contributed by atoms with Gasteiger partial charge in [0.2, 0.25) is 11.8 Å². The summed E-state index contributed by atoms with van der Waals surface area (Å²) in [5, 5.41) is 7.93. The lowest BCUT2D eigenvalue weighted by Crippen LogP contribution is -2.19. The second-order valence-corrected chi connectivity index (χ2v) is 4.66. The van der Waals surface area contributed by atoms with Crippen LogP contribution in [0.2, 0.25) is 0 Å². The smallest absolute Gasteiger partial charge is 0.247 e. The highest BCUT2D eigenvalue weighted by Gasteiger charge is 2.23. The summed E-state index contributed by atoms with van der Waals surface area (Å²) in [6.07, 6.45) is 2.11. The van der Waals surface area contributed by atoms with Gasteiger partial charge in [0.15, 0.2) is 0 Å². The van der Waals surface area contributed by atoms with E-state index in [4.69, 9.17) is 4.42 Å². The first kappa shape index (κ1) is 11.9. The van der Waals surface area contributed by atoms with Crippen LogP contribution in [0.3, 0.4) is 0 Å². The molecule has 0 amide bonds. The highest BCUT2D eigenvalue weighted by molar-refractivity contribution is 5.66. The molecule has 1 atom stereocenters. The number of nitrogens with one attached hydrogen (secondary N) is 2.